The molecular weight excluding hydrogens is 392 g/mol. The second-order valence-corrected chi connectivity index (χ2v) is 9.62. The van der Waals surface area contributed by atoms with Crippen molar-refractivity contribution < 1.29 is 16.8 Å². The minimum absolute atomic E-state index is 0.0297. The predicted octanol–water partition coefficient (Wildman–Crippen LogP) is 2.54. The molecule has 0 aliphatic rings. The summed E-state index contributed by atoms with van der Waals surface area (Å²) in [4.78, 5) is -0.169. The van der Waals surface area contributed by atoms with Gasteiger partial charge >= 0.3 is 0 Å². The summed E-state index contributed by atoms with van der Waals surface area (Å²) in [5.41, 5.74) is 2.83. The maximum Gasteiger partial charge on any atom is 0.240 e. The molecule has 0 spiro atoms. The molecule has 0 fully saturated rings. The van der Waals surface area contributed by atoms with Crippen molar-refractivity contribution in [3.05, 3.63) is 70.9 Å². The van der Waals surface area contributed by atoms with Gasteiger partial charge < -0.3 is 0 Å². The van der Waals surface area contributed by atoms with Crippen LogP contribution in [0.25, 0.3) is 11.1 Å². The van der Waals surface area contributed by atoms with E-state index in [1.807, 2.05) is 41.1 Å². The average molecular weight is 409 g/mol. The second kappa shape index (κ2) is 7.29. The highest BCUT2D eigenvalue weighted by Gasteiger charge is 2.16. The number of nitrogens with one attached hydrogen (secondary N) is 1. The van der Waals surface area contributed by atoms with Gasteiger partial charge in [-0.25, -0.2) is 26.7 Å². The van der Waals surface area contributed by atoms with E-state index in [1.165, 1.54) is 24.3 Å². The van der Waals surface area contributed by atoms with Gasteiger partial charge in [0.05, 0.1) is 9.79 Å². The number of sulfonamides is 2. The molecule has 0 aliphatic carbocycles. The van der Waals surface area contributed by atoms with Crippen LogP contribution < -0.4 is 9.86 Å². The zero-order chi connectivity index (χ0) is 18.8. The van der Waals surface area contributed by atoms with Crippen LogP contribution >= 0.6 is 11.3 Å². The standard InChI is InChI=1S/C17H16N2O4S3/c18-25(20,21)15-5-7-16(8-6-15)26(22,23)19-11-13-3-1-2-4-17(13)14-9-10-24-12-14/h1-10,12,19H,11H2,(H2,18,20,21). The Hall–Kier alpha value is -2.04. The van der Waals surface area contributed by atoms with Crippen molar-refractivity contribution in [3.63, 3.8) is 0 Å². The van der Waals surface area contributed by atoms with Crippen LogP contribution in [0.2, 0.25) is 0 Å². The SMILES string of the molecule is NS(=O)(=O)c1ccc(S(=O)(=O)NCc2ccccc2-c2ccsc2)cc1. The molecule has 0 radical (unpaired) electrons. The van der Waals surface area contributed by atoms with Gasteiger partial charge in [0, 0.05) is 6.54 Å². The molecule has 3 rings (SSSR count). The van der Waals surface area contributed by atoms with E-state index in [0.29, 0.717) is 0 Å². The molecule has 6 nitrogen and oxygen atoms in total. The molecule has 0 bridgehead atoms. The predicted molar refractivity (Wildman–Crippen MR) is 102 cm³/mol. The van der Waals surface area contributed by atoms with Crippen LogP contribution in [0.3, 0.4) is 0 Å². The Morgan fingerprint density at radius 2 is 1.54 bits per heavy atom. The molecule has 0 saturated heterocycles. The summed E-state index contributed by atoms with van der Waals surface area (Å²) >= 11 is 1.57. The van der Waals surface area contributed by atoms with Gasteiger partial charge in [0.2, 0.25) is 20.0 Å². The van der Waals surface area contributed by atoms with Crippen LogP contribution in [-0.4, -0.2) is 16.8 Å². The number of hydrogen-bond acceptors (Lipinski definition) is 5. The fourth-order valence-corrected chi connectivity index (χ4v) is 4.62. The Kier molecular flexibility index (Phi) is 5.26. The maximum atomic E-state index is 12.5. The summed E-state index contributed by atoms with van der Waals surface area (Å²) < 4.78 is 50.0. The highest BCUT2D eigenvalue weighted by Crippen LogP contribution is 2.26. The Bertz CT molecular complexity index is 1110. The zero-order valence-corrected chi connectivity index (χ0v) is 15.9. The lowest BCUT2D eigenvalue weighted by Crippen LogP contribution is -2.23. The van der Waals surface area contributed by atoms with E-state index in [4.69, 9.17) is 5.14 Å². The minimum atomic E-state index is -3.87. The fourth-order valence-electron chi connectivity index (χ4n) is 2.44. The summed E-state index contributed by atoms with van der Waals surface area (Å²) in [6.45, 7) is 0.116. The van der Waals surface area contributed by atoms with Gasteiger partial charge in [-0.3, -0.25) is 0 Å². The highest BCUT2D eigenvalue weighted by molar-refractivity contribution is 7.89. The van der Waals surface area contributed by atoms with Crippen molar-refractivity contribution in [2.24, 2.45) is 5.14 Å². The Labute approximate surface area is 156 Å². The minimum Gasteiger partial charge on any atom is -0.225 e. The second-order valence-electron chi connectivity index (χ2n) is 5.51. The number of nitrogens with two attached hydrogens (primary N) is 1. The third-order valence-corrected chi connectivity index (χ3v) is 6.79. The first-order valence-electron chi connectivity index (χ1n) is 7.50. The Morgan fingerprint density at radius 1 is 0.885 bits per heavy atom. The lowest BCUT2D eigenvalue weighted by Gasteiger charge is -2.11. The number of benzene rings is 2. The van der Waals surface area contributed by atoms with Crippen molar-refractivity contribution in [2.75, 3.05) is 0 Å². The Morgan fingerprint density at radius 3 is 2.15 bits per heavy atom. The largest absolute Gasteiger partial charge is 0.240 e. The molecular formula is C17H16N2O4S3. The first kappa shape index (κ1) is 18.7. The molecule has 0 unspecified atom stereocenters. The topological polar surface area (TPSA) is 106 Å². The third-order valence-electron chi connectivity index (χ3n) is 3.76. The van der Waals surface area contributed by atoms with Gasteiger partial charge in [-0.2, -0.15) is 11.3 Å². The number of primary sulfonamides is 1. The molecule has 0 saturated carbocycles. The summed E-state index contributed by atoms with van der Waals surface area (Å²) in [7, 11) is -7.65. The molecule has 3 N–H and O–H groups in total. The van der Waals surface area contributed by atoms with Crippen LogP contribution in [-0.2, 0) is 26.6 Å². The van der Waals surface area contributed by atoms with Crippen LogP contribution in [0.4, 0.5) is 0 Å². The van der Waals surface area contributed by atoms with Gasteiger partial charge in [0.1, 0.15) is 0 Å². The molecule has 136 valence electrons. The van der Waals surface area contributed by atoms with E-state index in [9.17, 15) is 16.8 Å². The summed E-state index contributed by atoms with van der Waals surface area (Å²) in [5, 5.41) is 8.98. The van der Waals surface area contributed by atoms with Crippen LogP contribution in [0.1, 0.15) is 5.56 Å². The van der Waals surface area contributed by atoms with Crippen molar-refractivity contribution in [1.29, 1.82) is 0 Å². The first-order chi connectivity index (χ1) is 12.3. The lowest BCUT2D eigenvalue weighted by molar-refractivity contribution is 0.580. The molecule has 2 aromatic carbocycles. The van der Waals surface area contributed by atoms with E-state index in [2.05, 4.69) is 4.72 Å². The summed E-state index contributed by atoms with van der Waals surface area (Å²) in [6.07, 6.45) is 0. The van der Waals surface area contributed by atoms with Crippen molar-refractivity contribution in [1.82, 2.24) is 4.72 Å². The van der Waals surface area contributed by atoms with E-state index in [1.54, 1.807) is 11.3 Å². The molecule has 3 aromatic rings. The molecule has 26 heavy (non-hydrogen) atoms. The van der Waals surface area contributed by atoms with Crippen molar-refractivity contribution in [2.45, 2.75) is 16.3 Å². The Balaban J connectivity index is 1.82. The maximum absolute atomic E-state index is 12.5. The van der Waals surface area contributed by atoms with E-state index >= 15 is 0 Å². The van der Waals surface area contributed by atoms with Crippen molar-refractivity contribution >= 4 is 31.4 Å². The molecule has 0 aliphatic heterocycles. The summed E-state index contributed by atoms with van der Waals surface area (Å²) in [6, 6.07) is 14.3. The van der Waals surface area contributed by atoms with Gasteiger partial charge in [0.25, 0.3) is 0 Å². The number of hydrogen-bond donors (Lipinski definition) is 2. The smallest absolute Gasteiger partial charge is 0.225 e. The van der Waals surface area contributed by atoms with Crippen LogP contribution in [0, 0.1) is 0 Å². The van der Waals surface area contributed by atoms with Gasteiger partial charge in [-0.15, -0.1) is 0 Å². The van der Waals surface area contributed by atoms with Gasteiger partial charge in [-0.05, 0) is 57.8 Å². The third kappa shape index (κ3) is 4.19. The zero-order valence-electron chi connectivity index (χ0n) is 13.5. The quantitative estimate of drug-likeness (QED) is 0.654. The average Bonchev–Trinajstić information content (AvgIpc) is 3.14. The van der Waals surface area contributed by atoms with Gasteiger partial charge in [0.15, 0.2) is 0 Å². The molecule has 0 amide bonds. The van der Waals surface area contributed by atoms with Crippen LogP contribution in [0.5, 0.6) is 0 Å². The first-order valence-corrected chi connectivity index (χ1v) is 11.5. The summed E-state index contributed by atoms with van der Waals surface area (Å²) in [5.74, 6) is 0. The fraction of sp³-hybridized carbons (Fsp3) is 0.0588. The van der Waals surface area contributed by atoms with Crippen molar-refractivity contribution in [3.8, 4) is 11.1 Å². The molecule has 9 heteroatoms. The number of rotatable bonds is 6. The monoisotopic (exact) mass is 408 g/mol. The molecule has 1 aromatic heterocycles. The molecule has 1 heterocycles. The van der Waals surface area contributed by atoms with E-state index < -0.39 is 20.0 Å². The molecule has 0 atom stereocenters. The number of thiophene rings is 1. The van der Waals surface area contributed by atoms with Crippen LogP contribution in [0.15, 0.2) is 75.1 Å². The van der Waals surface area contributed by atoms with Gasteiger partial charge in [-0.1, -0.05) is 24.3 Å². The highest BCUT2D eigenvalue weighted by atomic mass is 32.2. The van der Waals surface area contributed by atoms with E-state index in [0.717, 1.165) is 16.7 Å². The lowest BCUT2D eigenvalue weighted by atomic mass is 10.0. The normalized spacial score (nSPS) is 12.2. The van der Waals surface area contributed by atoms with E-state index in [-0.39, 0.29) is 16.3 Å².